The number of carbonyl (C=O) groups excluding carboxylic acids is 1. The molecule has 2 N–H and O–H groups in total. The Morgan fingerprint density at radius 1 is 1.28 bits per heavy atom. The summed E-state index contributed by atoms with van der Waals surface area (Å²) >= 11 is 0. The Balaban J connectivity index is 1.43. The van der Waals surface area contributed by atoms with Crippen LogP contribution in [-0.4, -0.2) is 27.0 Å². The fraction of sp³-hybridized carbons (Fsp3) is 0.333. The van der Waals surface area contributed by atoms with Crippen molar-refractivity contribution >= 4 is 16.8 Å². The summed E-state index contributed by atoms with van der Waals surface area (Å²) in [4.78, 5) is 43.7. The Morgan fingerprint density at radius 2 is 2.10 bits per heavy atom. The highest BCUT2D eigenvalue weighted by molar-refractivity contribution is 5.97. The molecule has 1 saturated carbocycles. The number of nitrogens with zero attached hydrogens (tertiary/aromatic N) is 2. The van der Waals surface area contributed by atoms with Gasteiger partial charge in [-0.2, -0.15) is 0 Å². The molecule has 0 unspecified atom stereocenters. The van der Waals surface area contributed by atoms with Gasteiger partial charge < -0.3 is 15.0 Å². The van der Waals surface area contributed by atoms with Gasteiger partial charge >= 0.3 is 5.69 Å². The Bertz CT molecular complexity index is 1160. The zero-order chi connectivity index (χ0) is 20.4. The summed E-state index contributed by atoms with van der Waals surface area (Å²) in [5.41, 5.74) is 0.693. The van der Waals surface area contributed by atoms with Gasteiger partial charge in [-0.05, 0) is 49.4 Å². The second-order valence-electron chi connectivity index (χ2n) is 7.18. The zero-order valence-corrected chi connectivity index (χ0v) is 16.1. The van der Waals surface area contributed by atoms with Crippen LogP contribution in [0, 0.1) is 5.92 Å². The van der Waals surface area contributed by atoms with E-state index >= 15 is 0 Å². The Hall–Kier alpha value is -3.42. The molecule has 3 aromatic rings. The average molecular weight is 394 g/mol. The molecule has 1 aromatic carbocycles. The van der Waals surface area contributed by atoms with Crippen LogP contribution in [0.3, 0.4) is 0 Å². The number of pyridine rings is 1. The molecule has 2 heterocycles. The van der Waals surface area contributed by atoms with Gasteiger partial charge in [0.1, 0.15) is 0 Å². The number of fused-ring (bicyclic) bond motifs is 1. The van der Waals surface area contributed by atoms with E-state index in [1.807, 2.05) is 6.07 Å². The summed E-state index contributed by atoms with van der Waals surface area (Å²) in [6.45, 7) is 3.02. The van der Waals surface area contributed by atoms with Gasteiger partial charge in [-0.15, -0.1) is 0 Å². The molecule has 0 aliphatic heterocycles. The molecule has 1 aliphatic carbocycles. The third kappa shape index (κ3) is 4.21. The number of amides is 1. The molecule has 4 rings (SSSR count). The summed E-state index contributed by atoms with van der Waals surface area (Å²) in [7, 11) is 0. The molecule has 0 bridgehead atoms. The number of H-pyrrole nitrogens is 1. The van der Waals surface area contributed by atoms with Crippen LogP contribution in [0.25, 0.3) is 10.9 Å². The van der Waals surface area contributed by atoms with Crippen LogP contribution >= 0.6 is 0 Å². The average Bonchev–Trinajstić information content (AvgIpc) is 3.55. The number of nitrogens with one attached hydrogen (secondary N) is 2. The van der Waals surface area contributed by atoms with E-state index in [0.717, 1.165) is 10.1 Å². The Labute approximate surface area is 166 Å². The third-order valence-electron chi connectivity index (χ3n) is 4.97. The molecule has 0 atom stereocenters. The maximum atomic E-state index is 12.5. The van der Waals surface area contributed by atoms with Crippen molar-refractivity contribution in [3.05, 3.63) is 68.5 Å². The first-order valence-electron chi connectivity index (χ1n) is 9.68. The molecule has 2 aromatic heterocycles. The maximum Gasteiger partial charge on any atom is 0.328 e. The summed E-state index contributed by atoms with van der Waals surface area (Å²) in [6, 6.07) is 8.30. The molecule has 1 amide bonds. The van der Waals surface area contributed by atoms with E-state index in [0.29, 0.717) is 41.4 Å². The number of hydrogen-bond acceptors (Lipinski definition) is 5. The minimum absolute atomic E-state index is 0.283. The molecule has 0 saturated heterocycles. The van der Waals surface area contributed by atoms with E-state index in [-0.39, 0.29) is 18.0 Å². The number of aromatic amines is 1. The molecule has 0 spiro atoms. The molecule has 8 nitrogen and oxygen atoms in total. The van der Waals surface area contributed by atoms with Gasteiger partial charge in [-0.25, -0.2) is 9.78 Å². The zero-order valence-electron chi connectivity index (χ0n) is 16.1. The standard InChI is InChI=1S/C21H22N4O4/c1-2-25-20(27)16-7-6-15(9-17(16)24-21(25)28)19(26)23-11-14-5-8-18(22-10-14)29-12-13-3-4-13/h5-10,13H,2-4,11-12H2,1H3,(H,23,26)(H,24,28). The SMILES string of the molecule is CCn1c(=O)[nH]c2cc(C(=O)NCc3ccc(OCC4CC4)nc3)ccc2c1=O. The van der Waals surface area contributed by atoms with Crippen LogP contribution in [0.4, 0.5) is 0 Å². The summed E-state index contributed by atoms with van der Waals surface area (Å²) < 4.78 is 6.72. The molecule has 29 heavy (non-hydrogen) atoms. The highest BCUT2D eigenvalue weighted by Crippen LogP contribution is 2.29. The van der Waals surface area contributed by atoms with Crippen molar-refractivity contribution < 1.29 is 9.53 Å². The van der Waals surface area contributed by atoms with Crippen molar-refractivity contribution in [2.45, 2.75) is 32.9 Å². The number of benzene rings is 1. The number of hydrogen-bond donors (Lipinski definition) is 2. The summed E-state index contributed by atoms with van der Waals surface area (Å²) in [6.07, 6.45) is 4.12. The maximum absolute atomic E-state index is 12.5. The van der Waals surface area contributed by atoms with E-state index < -0.39 is 5.69 Å². The van der Waals surface area contributed by atoms with Crippen LogP contribution in [0.1, 0.15) is 35.7 Å². The van der Waals surface area contributed by atoms with Gasteiger partial charge in [0.05, 0.1) is 17.5 Å². The first kappa shape index (κ1) is 18.9. The Kier molecular flexibility index (Phi) is 5.16. The lowest BCUT2D eigenvalue weighted by molar-refractivity contribution is 0.0951. The van der Waals surface area contributed by atoms with Gasteiger partial charge in [0, 0.05) is 30.9 Å². The van der Waals surface area contributed by atoms with Crippen molar-refractivity contribution in [1.82, 2.24) is 19.9 Å². The third-order valence-corrected chi connectivity index (χ3v) is 4.97. The lowest BCUT2D eigenvalue weighted by Crippen LogP contribution is -2.34. The first-order valence-corrected chi connectivity index (χ1v) is 9.68. The second-order valence-corrected chi connectivity index (χ2v) is 7.18. The first-order chi connectivity index (χ1) is 14.0. The number of carbonyl (C=O) groups is 1. The second kappa shape index (κ2) is 7.90. The lowest BCUT2D eigenvalue weighted by Gasteiger charge is -2.08. The van der Waals surface area contributed by atoms with Crippen LogP contribution in [-0.2, 0) is 13.1 Å². The fourth-order valence-corrected chi connectivity index (χ4v) is 3.06. The minimum Gasteiger partial charge on any atom is -0.477 e. The topological polar surface area (TPSA) is 106 Å². The summed E-state index contributed by atoms with van der Waals surface area (Å²) in [5.74, 6) is 0.946. The van der Waals surface area contributed by atoms with Crippen molar-refractivity contribution in [1.29, 1.82) is 0 Å². The molecule has 1 fully saturated rings. The van der Waals surface area contributed by atoms with E-state index in [1.54, 1.807) is 31.3 Å². The number of rotatable bonds is 7. The summed E-state index contributed by atoms with van der Waals surface area (Å²) in [5, 5.41) is 3.19. The van der Waals surface area contributed by atoms with Gasteiger partial charge in [-0.3, -0.25) is 14.2 Å². The van der Waals surface area contributed by atoms with Crippen LogP contribution in [0.15, 0.2) is 46.1 Å². The van der Waals surface area contributed by atoms with E-state index in [4.69, 9.17) is 4.74 Å². The molecule has 1 aliphatic rings. The van der Waals surface area contributed by atoms with E-state index in [9.17, 15) is 14.4 Å². The minimum atomic E-state index is -0.488. The van der Waals surface area contributed by atoms with Crippen molar-refractivity contribution in [2.24, 2.45) is 5.92 Å². The molecular weight excluding hydrogens is 372 g/mol. The fourth-order valence-electron chi connectivity index (χ4n) is 3.06. The van der Waals surface area contributed by atoms with Crippen molar-refractivity contribution in [3.63, 3.8) is 0 Å². The molecule has 150 valence electrons. The predicted molar refractivity (Wildman–Crippen MR) is 108 cm³/mol. The highest BCUT2D eigenvalue weighted by Gasteiger charge is 2.22. The monoisotopic (exact) mass is 394 g/mol. The van der Waals surface area contributed by atoms with Crippen LogP contribution in [0.5, 0.6) is 5.88 Å². The molecule has 0 radical (unpaired) electrons. The van der Waals surface area contributed by atoms with Gasteiger partial charge in [0.25, 0.3) is 11.5 Å². The van der Waals surface area contributed by atoms with Gasteiger partial charge in [0.2, 0.25) is 5.88 Å². The van der Waals surface area contributed by atoms with Crippen molar-refractivity contribution in [2.75, 3.05) is 6.61 Å². The van der Waals surface area contributed by atoms with Gasteiger partial charge in [-0.1, -0.05) is 6.07 Å². The van der Waals surface area contributed by atoms with Gasteiger partial charge in [0.15, 0.2) is 0 Å². The Morgan fingerprint density at radius 3 is 2.79 bits per heavy atom. The van der Waals surface area contributed by atoms with Crippen molar-refractivity contribution in [3.8, 4) is 5.88 Å². The largest absolute Gasteiger partial charge is 0.477 e. The van der Waals surface area contributed by atoms with E-state index in [2.05, 4.69) is 15.3 Å². The number of ether oxygens (including phenoxy) is 1. The van der Waals surface area contributed by atoms with Crippen LogP contribution in [0.2, 0.25) is 0 Å². The van der Waals surface area contributed by atoms with Crippen LogP contribution < -0.4 is 21.3 Å². The number of aromatic nitrogens is 3. The predicted octanol–water partition coefficient (Wildman–Crippen LogP) is 1.82. The lowest BCUT2D eigenvalue weighted by atomic mass is 10.1. The smallest absolute Gasteiger partial charge is 0.328 e. The molecule has 8 heteroatoms. The molecular formula is C21H22N4O4. The van der Waals surface area contributed by atoms with E-state index in [1.165, 1.54) is 18.9 Å². The quantitative estimate of drug-likeness (QED) is 0.636. The normalized spacial score (nSPS) is 13.4. The highest BCUT2D eigenvalue weighted by atomic mass is 16.5.